The van der Waals surface area contributed by atoms with Gasteiger partial charge in [0, 0.05) is 5.92 Å². The van der Waals surface area contributed by atoms with Gasteiger partial charge in [-0.15, -0.1) is 5.10 Å². The van der Waals surface area contributed by atoms with E-state index in [1.807, 2.05) is 35.0 Å². The highest BCUT2D eigenvalue weighted by Gasteiger charge is 2.30. The number of ether oxygens (including phenoxy) is 1. The maximum absolute atomic E-state index is 11.7. The fraction of sp³-hybridized carbons (Fsp3) is 0.278. The molecule has 4 rings (SSSR count). The van der Waals surface area contributed by atoms with Gasteiger partial charge in [-0.25, -0.2) is 14.5 Å². The van der Waals surface area contributed by atoms with Gasteiger partial charge in [0.25, 0.3) is 0 Å². The lowest BCUT2D eigenvalue weighted by Gasteiger charge is -2.03. The smallest absolute Gasteiger partial charge is 0.341 e. The van der Waals surface area contributed by atoms with E-state index in [1.165, 1.54) is 25.1 Å². The first kappa shape index (κ1) is 16.0. The van der Waals surface area contributed by atoms with Crippen molar-refractivity contribution in [2.24, 2.45) is 0 Å². The van der Waals surface area contributed by atoms with Gasteiger partial charge < -0.3 is 9.15 Å². The molecule has 1 fully saturated rings. The summed E-state index contributed by atoms with van der Waals surface area (Å²) in [5, 5.41) is 5.33. The van der Waals surface area contributed by atoms with E-state index in [1.54, 1.807) is 6.07 Å². The first-order chi connectivity index (χ1) is 12.3. The van der Waals surface area contributed by atoms with E-state index in [2.05, 4.69) is 5.10 Å². The lowest BCUT2D eigenvalue weighted by molar-refractivity contribution is 0.0598. The molecule has 1 aromatic carbocycles. The van der Waals surface area contributed by atoms with Crippen molar-refractivity contribution in [2.75, 3.05) is 7.11 Å². The van der Waals surface area contributed by atoms with Crippen molar-refractivity contribution in [2.45, 2.75) is 29.7 Å². The summed E-state index contributed by atoms with van der Waals surface area (Å²) in [6.45, 7) is 0. The summed E-state index contributed by atoms with van der Waals surface area (Å²) < 4.78 is 12.1. The van der Waals surface area contributed by atoms with Crippen LogP contribution >= 0.6 is 11.8 Å². The molecule has 7 heteroatoms. The van der Waals surface area contributed by atoms with E-state index in [4.69, 9.17) is 14.1 Å². The average molecular weight is 355 g/mol. The third-order valence-electron chi connectivity index (χ3n) is 4.04. The number of thioether (sulfide) groups is 1. The Morgan fingerprint density at radius 2 is 2.12 bits per heavy atom. The van der Waals surface area contributed by atoms with Crippen LogP contribution in [0.15, 0.2) is 52.2 Å². The van der Waals surface area contributed by atoms with E-state index in [-0.39, 0.29) is 0 Å². The molecule has 6 nitrogen and oxygen atoms in total. The van der Waals surface area contributed by atoms with Crippen LogP contribution in [0.3, 0.4) is 0 Å². The Hall–Kier alpha value is -2.54. The molecule has 0 spiro atoms. The van der Waals surface area contributed by atoms with Gasteiger partial charge in [-0.2, -0.15) is 0 Å². The monoisotopic (exact) mass is 355 g/mol. The quantitative estimate of drug-likeness (QED) is 0.494. The number of furan rings is 1. The van der Waals surface area contributed by atoms with E-state index in [0.717, 1.165) is 24.4 Å². The highest BCUT2D eigenvalue weighted by Crippen LogP contribution is 2.40. The normalized spacial score (nSPS) is 13.8. The summed E-state index contributed by atoms with van der Waals surface area (Å²) in [6.07, 6.45) is 3.80. The summed E-state index contributed by atoms with van der Waals surface area (Å²) in [6, 6.07) is 11.6. The molecule has 2 aromatic heterocycles. The first-order valence-corrected chi connectivity index (χ1v) is 9.04. The van der Waals surface area contributed by atoms with Crippen molar-refractivity contribution in [3.63, 3.8) is 0 Å². The Kier molecular flexibility index (Phi) is 4.31. The van der Waals surface area contributed by atoms with Crippen LogP contribution in [0.4, 0.5) is 0 Å². The molecule has 1 aliphatic rings. The average Bonchev–Trinajstić information content (AvgIpc) is 3.24. The van der Waals surface area contributed by atoms with Crippen molar-refractivity contribution in [1.29, 1.82) is 0 Å². The molecule has 0 amide bonds. The van der Waals surface area contributed by atoms with Gasteiger partial charge in [0.15, 0.2) is 0 Å². The topological polar surface area (TPSA) is 70.2 Å². The number of hydrogen-bond donors (Lipinski definition) is 0. The van der Waals surface area contributed by atoms with Crippen LogP contribution in [0.1, 0.15) is 40.7 Å². The number of hydrogen-bond acceptors (Lipinski definition) is 6. The minimum Gasteiger partial charge on any atom is -0.468 e. The third-order valence-corrected chi connectivity index (χ3v) is 4.88. The summed E-state index contributed by atoms with van der Waals surface area (Å²) in [7, 11) is 1.36. The molecule has 1 saturated carbocycles. The summed E-state index contributed by atoms with van der Waals surface area (Å²) >= 11 is 1.45. The number of methoxy groups -OCH3 is 1. The number of nitrogens with zero attached hydrogens (tertiary/aromatic N) is 3. The molecular formula is C18H17N3O3S. The Balaban J connectivity index is 1.56. The lowest BCUT2D eigenvalue weighted by atomic mass is 10.3. The van der Waals surface area contributed by atoms with E-state index < -0.39 is 5.97 Å². The molecule has 2 heterocycles. The van der Waals surface area contributed by atoms with Gasteiger partial charge in [0.2, 0.25) is 5.16 Å². The number of carbonyl (C=O) groups is 1. The van der Waals surface area contributed by atoms with Crippen molar-refractivity contribution < 1.29 is 13.9 Å². The van der Waals surface area contributed by atoms with Gasteiger partial charge in [-0.1, -0.05) is 30.0 Å². The van der Waals surface area contributed by atoms with Gasteiger partial charge >= 0.3 is 5.97 Å². The van der Waals surface area contributed by atoms with Crippen LogP contribution in [0.2, 0.25) is 0 Å². The van der Waals surface area contributed by atoms with Crippen molar-refractivity contribution in [1.82, 2.24) is 14.8 Å². The third kappa shape index (κ3) is 3.32. The van der Waals surface area contributed by atoms with Gasteiger partial charge in [-0.05, 0) is 31.0 Å². The zero-order valence-corrected chi connectivity index (χ0v) is 14.5. The molecule has 128 valence electrons. The number of aromatic nitrogens is 3. The SMILES string of the molecule is COC(=O)c1ccoc1CSc1nc(C2CC2)n(-c2ccccc2)n1. The minimum absolute atomic E-state index is 0.397. The summed E-state index contributed by atoms with van der Waals surface area (Å²) in [5.74, 6) is 2.13. The molecule has 25 heavy (non-hydrogen) atoms. The number of rotatable bonds is 6. The Labute approximate surface area is 149 Å². The van der Waals surface area contributed by atoms with Gasteiger partial charge in [0.1, 0.15) is 17.1 Å². The fourth-order valence-electron chi connectivity index (χ4n) is 2.60. The second-order valence-corrected chi connectivity index (χ2v) is 6.75. The maximum Gasteiger partial charge on any atom is 0.341 e. The van der Waals surface area contributed by atoms with Crippen LogP contribution in [0.25, 0.3) is 5.69 Å². The first-order valence-electron chi connectivity index (χ1n) is 8.06. The molecule has 0 radical (unpaired) electrons. The molecule has 1 aliphatic carbocycles. The molecule has 0 atom stereocenters. The van der Waals surface area contributed by atoms with E-state index in [0.29, 0.717) is 28.2 Å². The molecular weight excluding hydrogens is 338 g/mol. The highest BCUT2D eigenvalue weighted by atomic mass is 32.2. The molecule has 0 bridgehead atoms. The molecule has 3 aromatic rings. The van der Waals surface area contributed by atoms with Crippen LogP contribution < -0.4 is 0 Å². The number of para-hydroxylation sites is 1. The van der Waals surface area contributed by atoms with Crippen LogP contribution in [0.5, 0.6) is 0 Å². The number of esters is 1. The van der Waals surface area contributed by atoms with Crippen molar-refractivity contribution in [3.8, 4) is 5.69 Å². The lowest BCUT2D eigenvalue weighted by Crippen LogP contribution is -2.02. The van der Waals surface area contributed by atoms with Crippen molar-refractivity contribution in [3.05, 3.63) is 59.8 Å². The van der Waals surface area contributed by atoms with Crippen LogP contribution in [-0.2, 0) is 10.5 Å². The molecule has 0 N–H and O–H groups in total. The largest absolute Gasteiger partial charge is 0.468 e. The zero-order valence-electron chi connectivity index (χ0n) is 13.7. The molecule has 0 unspecified atom stereocenters. The Morgan fingerprint density at radius 1 is 1.32 bits per heavy atom. The van der Waals surface area contributed by atoms with Crippen LogP contribution in [0, 0.1) is 0 Å². The number of benzene rings is 1. The highest BCUT2D eigenvalue weighted by molar-refractivity contribution is 7.98. The summed E-state index contributed by atoms with van der Waals surface area (Å²) in [5.41, 5.74) is 1.46. The Morgan fingerprint density at radius 3 is 2.84 bits per heavy atom. The zero-order chi connectivity index (χ0) is 17.2. The van der Waals surface area contributed by atoms with Crippen molar-refractivity contribution >= 4 is 17.7 Å². The maximum atomic E-state index is 11.7. The summed E-state index contributed by atoms with van der Waals surface area (Å²) in [4.78, 5) is 16.4. The standard InChI is InChI=1S/C18H17N3O3S/c1-23-17(22)14-9-10-24-15(14)11-25-18-19-16(12-7-8-12)21(20-18)13-5-3-2-4-6-13/h2-6,9-10,12H,7-8,11H2,1H3. The van der Waals surface area contributed by atoms with Gasteiger partial charge in [0.05, 0.1) is 24.8 Å². The molecule has 0 saturated heterocycles. The van der Waals surface area contributed by atoms with Crippen LogP contribution in [-0.4, -0.2) is 27.8 Å². The Bertz CT molecular complexity index is 884. The predicted molar refractivity (Wildman–Crippen MR) is 92.9 cm³/mol. The van der Waals surface area contributed by atoms with E-state index in [9.17, 15) is 4.79 Å². The van der Waals surface area contributed by atoms with Gasteiger partial charge in [-0.3, -0.25) is 0 Å². The predicted octanol–water partition coefficient (Wildman–Crippen LogP) is 3.82. The fourth-order valence-corrected chi connectivity index (χ4v) is 3.39. The van der Waals surface area contributed by atoms with E-state index >= 15 is 0 Å². The number of carbonyl (C=O) groups excluding carboxylic acids is 1. The minimum atomic E-state index is -0.397. The second kappa shape index (κ2) is 6.76. The second-order valence-electron chi connectivity index (χ2n) is 5.81. The molecule has 0 aliphatic heterocycles.